The standard InChI is InChI=1S/C22H26N2O4/c1-3-28-22(27)19-10-12-20(13-11-19)24(17(2)25)16-15-23-21(26)14-9-18-7-5-4-6-8-18/h4-8,10-13H,3,9,14-16H2,1-2H3,(H,23,26). The molecule has 0 aliphatic rings. The summed E-state index contributed by atoms with van der Waals surface area (Å²) in [6.45, 7) is 4.23. The average molecular weight is 382 g/mol. The second-order valence-electron chi connectivity index (χ2n) is 6.27. The fourth-order valence-electron chi connectivity index (χ4n) is 2.76. The summed E-state index contributed by atoms with van der Waals surface area (Å²) >= 11 is 0. The zero-order valence-corrected chi connectivity index (χ0v) is 16.3. The van der Waals surface area contributed by atoms with Gasteiger partial charge in [0.15, 0.2) is 0 Å². The molecule has 0 radical (unpaired) electrons. The minimum Gasteiger partial charge on any atom is -0.462 e. The Kier molecular flexibility index (Phi) is 8.21. The number of hydrogen-bond acceptors (Lipinski definition) is 4. The molecule has 6 nitrogen and oxygen atoms in total. The Morgan fingerprint density at radius 3 is 2.29 bits per heavy atom. The lowest BCUT2D eigenvalue weighted by Crippen LogP contribution is -2.37. The molecule has 0 atom stereocenters. The van der Waals surface area contributed by atoms with Crippen LogP contribution in [-0.2, 0) is 20.7 Å². The molecule has 148 valence electrons. The molecule has 2 aromatic rings. The summed E-state index contributed by atoms with van der Waals surface area (Å²) in [4.78, 5) is 37.3. The van der Waals surface area contributed by atoms with E-state index in [9.17, 15) is 14.4 Å². The molecular weight excluding hydrogens is 356 g/mol. The van der Waals surface area contributed by atoms with Gasteiger partial charge < -0.3 is 15.0 Å². The highest BCUT2D eigenvalue weighted by molar-refractivity contribution is 5.93. The first kappa shape index (κ1) is 21.2. The van der Waals surface area contributed by atoms with Gasteiger partial charge in [-0.15, -0.1) is 0 Å². The van der Waals surface area contributed by atoms with Crippen LogP contribution < -0.4 is 10.2 Å². The van der Waals surface area contributed by atoms with Gasteiger partial charge in [-0.2, -0.15) is 0 Å². The Labute approximate surface area is 165 Å². The van der Waals surface area contributed by atoms with Gasteiger partial charge in [0.1, 0.15) is 0 Å². The summed E-state index contributed by atoms with van der Waals surface area (Å²) in [6, 6.07) is 16.5. The molecule has 0 saturated carbocycles. The van der Waals surface area contributed by atoms with Crippen molar-refractivity contribution in [1.82, 2.24) is 5.32 Å². The number of amides is 2. The quantitative estimate of drug-likeness (QED) is 0.677. The zero-order chi connectivity index (χ0) is 20.4. The van der Waals surface area contributed by atoms with Crippen molar-refractivity contribution in [1.29, 1.82) is 0 Å². The number of nitrogens with zero attached hydrogens (tertiary/aromatic N) is 1. The van der Waals surface area contributed by atoms with Crippen molar-refractivity contribution in [2.75, 3.05) is 24.6 Å². The lowest BCUT2D eigenvalue weighted by atomic mass is 10.1. The van der Waals surface area contributed by atoms with Crippen LogP contribution in [0.5, 0.6) is 0 Å². The molecule has 6 heteroatoms. The molecule has 0 heterocycles. The number of esters is 1. The number of rotatable bonds is 9. The molecule has 2 amide bonds. The van der Waals surface area contributed by atoms with Gasteiger partial charge in [0.25, 0.3) is 0 Å². The highest BCUT2D eigenvalue weighted by Crippen LogP contribution is 2.16. The van der Waals surface area contributed by atoms with E-state index in [0.717, 1.165) is 5.56 Å². The number of anilines is 1. The van der Waals surface area contributed by atoms with Crippen molar-refractivity contribution in [3.05, 3.63) is 65.7 Å². The smallest absolute Gasteiger partial charge is 0.338 e. The number of benzene rings is 2. The third kappa shape index (κ3) is 6.54. The Morgan fingerprint density at radius 2 is 1.68 bits per heavy atom. The molecule has 0 aliphatic carbocycles. The Morgan fingerprint density at radius 1 is 1.00 bits per heavy atom. The van der Waals surface area contributed by atoms with Gasteiger partial charge in [-0.25, -0.2) is 4.79 Å². The van der Waals surface area contributed by atoms with Crippen molar-refractivity contribution in [3.63, 3.8) is 0 Å². The number of carbonyl (C=O) groups excluding carboxylic acids is 3. The number of ether oxygens (including phenoxy) is 1. The second-order valence-corrected chi connectivity index (χ2v) is 6.27. The molecule has 0 saturated heterocycles. The van der Waals surface area contributed by atoms with E-state index in [1.54, 1.807) is 36.1 Å². The van der Waals surface area contributed by atoms with Crippen LogP contribution in [-0.4, -0.2) is 37.5 Å². The molecule has 0 fully saturated rings. The van der Waals surface area contributed by atoms with Crippen LogP contribution in [0.25, 0.3) is 0 Å². The van der Waals surface area contributed by atoms with Gasteiger partial charge in [-0.05, 0) is 43.2 Å². The fourth-order valence-corrected chi connectivity index (χ4v) is 2.76. The molecule has 1 N–H and O–H groups in total. The van der Waals surface area contributed by atoms with Crippen molar-refractivity contribution >= 4 is 23.5 Å². The highest BCUT2D eigenvalue weighted by Gasteiger charge is 2.13. The zero-order valence-electron chi connectivity index (χ0n) is 16.3. The first-order valence-corrected chi connectivity index (χ1v) is 9.37. The summed E-state index contributed by atoms with van der Waals surface area (Å²) in [5.74, 6) is -0.582. The van der Waals surface area contributed by atoms with E-state index in [1.165, 1.54) is 6.92 Å². The molecule has 2 aromatic carbocycles. The molecule has 0 bridgehead atoms. The molecule has 0 aromatic heterocycles. The minimum absolute atomic E-state index is 0.0509. The maximum absolute atomic E-state index is 12.0. The van der Waals surface area contributed by atoms with E-state index in [0.29, 0.717) is 43.8 Å². The Balaban J connectivity index is 1.84. The van der Waals surface area contributed by atoms with E-state index < -0.39 is 5.97 Å². The summed E-state index contributed by atoms with van der Waals surface area (Å²) < 4.78 is 4.95. The summed E-state index contributed by atoms with van der Waals surface area (Å²) in [5.41, 5.74) is 2.21. The van der Waals surface area contributed by atoms with Crippen molar-refractivity contribution < 1.29 is 19.1 Å². The molecular formula is C22H26N2O4. The van der Waals surface area contributed by atoms with Gasteiger partial charge in [-0.1, -0.05) is 30.3 Å². The highest BCUT2D eigenvalue weighted by atomic mass is 16.5. The summed E-state index contributed by atoms with van der Waals surface area (Å²) in [6.07, 6.45) is 1.08. The molecule has 0 unspecified atom stereocenters. The van der Waals surface area contributed by atoms with E-state index in [-0.39, 0.29) is 11.8 Å². The molecule has 0 spiro atoms. The topological polar surface area (TPSA) is 75.7 Å². The molecule has 0 aliphatic heterocycles. The van der Waals surface area contributed by atoms with Crippen LogP contribution in [0.2, 0.25) is 0 Å². The number of aryl methyl sites for hydroxylation is 1. The summed E-state index contributed by atoms with van der Waals surface area (Å²) in [5, 5.41) is 2.85. The van der Waals surface area contributed by atoms with Gasteiger partial charge in [-0.3, -0.25) is 9.59 Å². The van der Waals surface area contributed by atoms with Gasteiger partial charge in [0.05, 0.1) is 12.2 Å². The second kappa shape index (κ2) is 10.9. The maximum atomic E-state index is 12.0. The van der Waals surface area contributed by atoms with Crippen LogP contribution in [0.1, 0.15) is 36.2 Å². The van der Waals surface area contributed by atoms with Crippen LogP contribution in [0.15, 0.2) is 54.6 Å². The number of nitrogens with one attached hydrogen (secondary N) is 1. The fraction of sp³-hybridized carbons (Fsp3) is 0.318. The first-order valence-electron chi connectivity index (χ1n) is 9.37. The van der Waals surface area contributed by atoms with E-state index >= 15 is 0 Å². The lowest BCUT2D eigenvalue weighted by molar-refractivity contribution is -0.121. The van der Waals surface area contributed by atoms with Gasteiger partial charge in [0.2, 0.25) is 11.8 Å². The monoisotopic (exact) mass is 382 g/mol. The van der Waals surface area contributed by atoms with E-state index in [2.05, 4.69) is 5.32 Å². The predicted octanol–water partition coefficient (Wildman–Crippen LogP) is 2.97. The lowest BCUT2D eigenvalue weighted by Gasteiger charge is -2.21. The van der Waals surface area contributed by atoms with Crippen LogP contribution in [0, 0.1) is 0 Å². The summed E-state index contributed by atoms with van der Waals surface area (Å²) in [7, 11) is 0. The largest absolute Gasteiger partial charge is 0.462 e. The third-order valence-corrected chi connectivity index (χ3v) is 4.21. The minimum atomic E-state index is -0.394. The van der Waals surface area contributed by atoms with Crippen LogP contribution in [0.4, 0.5) is 5.69 Å². The SMILES string of the molecule is CCOC(=O)c1ccc(N(CCNC(=O)CCc2ccccc2)C(C)=O)cc1. The third-order valence-electron chi connectivity index (χ3n) is 4.21. The maximum Gasteiger partial charge on any atom is 0.338 e. The van der Waals surface area contributed by atoms with Crippen molar-refractivity contribution in [2.24, 2.45) is 0 Å². The van der Waals surface area contributed by atoms with Crippen molar-refractivity contribution in [3.8, 4) is 0 Å². The first-order chi connectivity index (χ1) is 13.5. The van der Waals surface area contributed by atoms with E-state index in [1.807, 2.05) is 30.3 Å². The van der Waals surface area contributed by atoms with Crippen molar-refractivity contribution in [2.45, 2.75) is 26.7 Å². The van der Waals surface area contributed by atoms with Crippen LogP contribution in [0.3, 0.4) is 0 Å². The van der Waals surface area contributed by atoms with Crippen LogP contribution >= 0.6 is 0 Å². The Bertz CT molecular complexity index is 788. The number of hydrogen-bond donors (Lipinski definition) is 1. The predicted molar refractivity (Wildman–Crippen MR) is 108 cm³/mol. The molecule has 28 heavy (non-hydrogen) atoms. The molecule has 2 rings (SSSR count). The van der Waals surface area contributed by atoms with Gasteiger partial charge >= 0.3 is 5.97 Å². The normalized spacial score (nSPS) is 10.2. The number of carbonyl (C=O) groups is 3. The van der Waals surface area contributed by atoms with E-state index in [4.69, 9.17) is 4.74 Å². The van der Waals surface area contributed by atoms with Gasteiger partial charge in [0, 0.05) is 32.1 Å². The Hall–Kier alpha value is -3.15. The average Bonchev–Trinajstić information content (AvgIpc) is 2.70.